The Bertz CT molecular complexity index is 728. The van der Waals surface area contributed by atoms with E-state index in [1.807, 2.05) is 0 Å². The topological polar surface area (TPSA) is 112 Å². The van der Waals surface area contributed by atoms with Gasteiger partial charge in [0.2, 0.25) is 0 Å². The van der Waals surface area contributed by atoms with Crippen LogP contribution < -0.4 is 11.1 Å². The molecule has 0 fully saturated rings. The lowest BCUT2D eigenvalue weighted by molar-refractivity contribution is -0.152. The number of hydrogen-bond acceptors (Lipinski definition) is 7. The van der Waals surface area contributed by atoms with Crippen LogP contribution in [-0.4, -0.2) is 39.8 Å². The lowest BCUT2D eigenvalue weighted by atomic mass is 10.1. The van der Waals surface area contributed by atoms with Crippen LogP contribution in [-0.2, 0) is 21.5 Å². The fourth-order valence-corrected chi connectivity index (χ4v) is 2.74. The number of rotatable bonds is 7. The van der Waals surface area contributed by atoms with E-state index in [0.29, 0.717) is 31.0 Å². The van der Waals surface area contributed by atoms with Crippen LogP contribution in [0.25, 0.3) is 0 Å². The molecule has 0 saturated carbocycles. The molecule has 0 aliphatic heterocycles. The zero-order valence-electron chi connectivity index (χ0n) is 14.3. The molecule has 2 rings (SSSR count). The first-order valence-electron chi connectivity index (χ1n) is 7.56. The van der Waals surface area contributed by atoms with Crippen LogP contribution in [0, 0.1) is 0 Å². The van der Waals surface area contributed by atoms with Crippen molar-refractivity contribution in [2.45, 2.75) is 32.7 Å². The number of nitrogens with two attached hydrogens (primary N) is 1. The standard InChI is InChI=1S/C15H21N5O3S.ClH/c1-4-23-14(22)15(2,3)20-8-10(7-17-20)18-13(21)11-9-24-12(19-11)5-6-16;/h7-9H,4-6,16H2,1-3H3,(H,18,21);1H. The molecule has 0 aliphatic rings. The van der Waals surface area contributed by atoms with Crippen LogP contribution in [0.5, 0.6) is 0 Å². The number of aromatic nitrogens is 3. The van der Waals surface area contributed by atoms with Gasteiger partial charge >= 0.3 is 5.97 Å². The second-order valence-electron chi connectivity index (χ2n) is 5.57. The maximum atomic E-state index is 12.2. The van der Waals surface area contributed by atoms with Crippen LogP contribution in [0.1, 0.15) is 36.3 Å². The minimum absolute atomic E-state index is 0. The van der Waals surface area contributed by atoms with Gasteiger partial charge in [-0.15, -0.1) is 23.7 Å². The van der Waals surface area contributed by atoms with Crippen molar-refractivity contribution >= 4 is 41.3 Å². The highest BCUT2D eigenvalue weighted by molar-refractivity contribution is 7.09. The summed E-state index contributed by atoms with van der Waals surface area (Å²) in [6.07, 6.45) is 3.71. The van der Waals surface area contributed by atoms with Gasteiger partial charge in [0.1, 0.15) is 5.69 Å². The molecule has 0 saturated heterocycles. The van der Waals surface area contributed by atoms with E-state index in [4.69, 9.17) is 10.5 Å². The molecule has 0 bridgehead atoms. The van der Waals surface area contributed by atoms with Crippen molar-refractivity contribution in [1.29, 1.82) is 0 Å². The van der Waals surface area contributed by atoms with E-state index in [1.54, 1.807) is 32.3 Å². The maximum Gasteiger partial charge on any atom is 0.333 e. The van der Waals surface area contributed by atoms with Crippen molar-refractivity contribution in [3.8, 4) is 0 Å². The van der Waals surface area contributed by atoms with Crippen LogP contribution in [0.2, 0.25) is 0 Å². The van der Waals surface area contributed by atoms with Gasteiger partial charge in [-0.05, 0) is 27.3 Å². The number of esters is 1. The number of amides is 1. The molecule has 0 unspecified atom stereocenters. The summed E-state index contributed by atoms with van der Waals surface area (Å²) in [7, 11) is 0. The van der Waals surface area contributed by atoms with E-state index in [0.717, 1.165) is 5.01 Å². The number of thiazole rings is 1. The smallest absolute Gasteiger partial charge is 0.333 e. The first-order valence-corrected chi connectivity index (χ1v) is 8.44. The van der Waals surface area contributed by atoms with Crippen LogP contribution >= 0.6 is 23.7 Å². The van der Waals surface area contributed by atoms with E-state index >= 15 is 0 Å². The van der Waals surface area contributed by atoms with E-state index in [-0.39, 0.29) is 18.3 Å². The lowest BCUT2D eigenvalue weighted by Gasteiger charge is -2.22. The Balaban J connectivity index is 0.00000312. The van der Waals surface area contributed by atoms with Gasteiger partial charge in [-0.3, -0.25) is 9.48 Å². The molecule has 25 heavy (non-hydrogen) atoms. The molecule has 10 heteroatoms. The number of carbonyl (C=O) groups is 2. The second kappa shape index (κ2) is 8.93. The van der Waals surface area contributed by atoms with Gasteiger partial charge < -0.3 is 15.8 Å². The van der Waals surface area contributed by atoms with Gasteiger partial charge in [-0.25, -0.2) is 9.78 Å². The van der Waals surface area contributed by atoms with Crippen LogP contribution in [0.4, 0.5) is 5.69 Å². The fraction of sp³-hybridized carbons (Fsp3) is 0.467. The van der Waals surface area contributed by atoms with Gasteiger partial charge in [0, 0.05) is 18.0 Å². The summed E-state index contributed by atoms with van der Waals surface area (Å²) < 4.78 is 6.50. The number of nitrogens with zero attached hydrogens (tertiary/aromatic N) is 3. The minimum Gasteiger partial charge on any atom is -0.464 e. The minimum atomic E-state index is -0.964. The van der Waals surface area contributed by atoms with E-state index in [9.17, 15) is 9.59 Å². The zero-order valence-corrected chi connectivity index (χ0v) is 15.9. The average molecular weight is 388 g/mol. The lowest BCUT2D eigenvalue weighted by Crippen LogP contribution is -2.37. The van der Waals surface area contributed by atoms with Gasteiger partial charge in [-0.1, -0.05) is 0 Å². The Labute approximate surface area is 156 Å². The van der Waals surface area contributed by atoms with E-state index in [1.165, 1.54) is 22.2 Å². The summed E-state index contributed by atoms with van der Waals surface area (Å²) in [6.45, 7) is 5.92. The van der Waals surface area contributed by atoms with Gasteiger partial charge in [0.25, 0.3) is 5.91 Å². The molecule has 0 aliphatic carbocycles. The quantitative estimate of drug-likeness (QED) is 0.700. The summed E-state index contributed by atoms with van der Waals surface area (Å²) >= 11 is 1.40. The molecule has 2 aromatic rings. The molecule has 8 nitrogen and oxygen atoms in total. The summed E-state index contributed by atoms with van der Waals surface area (Å²) in [5.74, 6) is -0.722. The molecule has 2 heterocycles. The summed E-state index contributed by atoms with van der Waals surface area (Å²) in [5.41, 5.74) is 5.32. The highest BCUT2D eigenvalue weighted by Crippen LogP contribution is 2.19. The van der Waals surface area contributed by atoms with Crippen LogP contribution in [0.3, 0.4) is 0 Å². The zero-order chi connectivity index (χ0) is 17.7. The van der Waals surface area contributed by atoms with Crippen molar-refractivity contribution in [2.24, 2.45) is 5.73 Å². The molecule has 0 aromatic carbocycles. The van der Waals surface area contributed by atoms with Gasteiger partial charge in [0.05, 0.1) is 23.5 Å². The number of carbonyl (C=O) groups excluding carboxylic acids is 2. The molecule has 0 radical (unpaired) electrons. The Morgan fingerprint density at radius 1 is 1.44 bits per heavy atom. The molecule has 0 atom stereocenters. The third-order valence-electron chi connectivity index (χ3n) is 3.33. The maximum absolute atomic E-state index is 12.2. The Hall–Kier alpha value is -1.97. The Kier molecular flexibility index (Phi) is 7.53. The molecule has 2 aromatic heterocycles. The van der Waals surface area contributed by atoms with Crippen LogP contribution in [0.15, 0.2) is 17.8 Å². The third kappa shape index (κ3) is 5.00. The molecular formula is C15H22ClN5O3S. The van der Waals surface area contributed by atoms with Crippen molar-refractivity contribution in [1.82, 2.24) is 14.8 Å². The average Bonchev–Trinajstić information content (AvgIpc) is 3.17. The summed E-state index contributed by atoms with van der Waals surface area (Å²) in [5, 5.41) is 9.36. The number of nitrogens with one attached hydrogen (secondary N) is 1. The van der Waals surface area contributed by atoms with Crippen molar-refractivity contribution in [2.75, 3.05) is 18.5 Å². The summed E-state index contributed by atoms with van der Waals surface area (Å²) in [4.78, 5) is 28.4. The Morgan fingerprint density at radius 2 is 2.16 bits per heavy atom. The van der Waals surface area contributed by atoms with Crippen molar-refractivity contribution in [3.05, 3.63) is 28.5 Å². The third-order valence-corrected chi connectivity index (χ3v) is 4.24. The number of halogens is 1. The van der Waals surface area contributed by atoms with Crippen molar-refractivity contribution < 1.29 is 14.3 Å². The first kappa shape index (κ1) is 21.1. The normalized spacial score (nSPS) is 10.9. The highest BCUT2D eigenvalue weighted by atomic mass is 35.5. The monoisotopic (exact) mass is 387 g/mol. The number of hydrogen-bond donors (Lipinski definition) is 2. The predicted octanol–water partition coefficient (Wildman–Crippen LogP) is 1.81. The fourth-order valence-electron chi connectivity index (χ4n) is 1.94. The predicted molar refractivity (Wildman–Crippen MR) is 98.3 cm³/mol. The Morgan fingerprint density at radius 3 is 2.80 bits per heavy atom. The molecule has 1 amide bonds. The number of ether oxygens (including phenoxy) is 1. The van der Waals surface area contributed by atoms with E-state index in [2.05, 4.69) is 15.4 Å². The first-order chi connectivity index (χ1) is 11.4. The molecular weight excluding hydrogens is 366 g/mol. The van der Waals surface area contributed by atoms with Crippen molar-refractivity contribution in [3.63, 3.8) is 0 Å². The SMILES string of the molecule is CCOC(=O)C(C)(C)n1cc(NC(=O)c2csc(CCN)n2)cn1.Cl. The van der Waals surface area contributed by atoms with Gasteiger partial charge in [-0.2, -0.15) is 5.10 Å². The van der Waals surface area contributed by atoms with E-state index < -0.39 is 11.5 Å². The molecule has 0 spiro atoms. The molecule has 3 N–H and O–H groups in total. The van der Waals surface area contributed by atoms with Gasteiger partial charge in [0.15, 0.2) is 5.54 Å². The second-order valence-corrected chi connectivity index (χ2v) is 6.52. The number of anilines is 1. The largest absolute Gasteiger partial charge is 0.464 e. The molecule has 138 valence electrons. The summed E-state index contributed by atoms with van der Waals surface area (Å²) in [6, 6.07) is 0. The highest BCUT2D eigenvalue weighted by Gasteiger charge is 2.32.